The van der Waals surface area contributed by atoms with E-state index in [9.17, 15) is 9.59 Å². The first-order chi connectivity index (χ1) is 11.2. The quantitative estimate of drug-likeness (QED) is 0.916. The van der Waals surface area contributed by atoms with E-state index in [0.717, 1.165) is 31.5 Å². The maximum atomic E-state index is 12.4. The minimum absolute atomic E-state index is 0.0658. The molecule has 0 spiro atoms. The number of amides is 2. The zero-order valence-electron chi connectivity index (χ0n) is 13.5. The van der Waals surface area contributed by atoms with Crippen LogP contribution in [-0.4, -0.2) is 60.9 Å². The number of carbonyl (C=O) groups excluding carboxylic acids is 2. The minimum Gasteiger partial charge on any atom is -0.339 e. The third-order valence-corrected chi connectivity index (χ3v) is 4.86. The summed E-state index contributed by atoms with van der Waals surface area (Å²) in [5.74, 6) is 0.840. The Kier molecular flexibility index (Phi) is 5.28. The lowest BCUT2D eigenvalue weighted by Crippen LogP contribution is -2.51. The second-order valence-electron chi connectivity index (χ2n) is 6.44. The molecule has 0 saturated carbocycles. The number of hydrogen-bond donors (Lipinski definition) is 1. The van der Waals surface area contributed by atoms with Gasteiger partial charge in [-0.05, 0) is 44.0 Å². The number of hydrogen-bond acceptors (Lipinski definition) is 3. The van der Waals surface area contributed by atoms with Gasteiger partial charge in [-0.1, -0.05) is 18.2 Å². The molecule has 0 radical (unpaired) electrons. The monoisotopic (exact) mass is 315 g/mol. The fourth-order valence-corrected chi connectivity index (χ4v) is 3.38. The van der Waals surface area contributed by atoms with Crippen LogP contribution in [0.1, 0.15) is 29.6 Å². The smallest absolute Gasteiger partial charge is 0.253 e. The number of rotatable bonds is 3. The summed E-state index contributed by atoms with van der Waals surface area (Å²) < 4.78 is 0. The molecule has 2 fully saturated rings. The third kappa shape index (κ3) is 4.10. The van der Waals surface area contributed by atoms with E-state index in [0.29, 0.717) is 38.5 Å². The van der Waals surface area contributed by atoms with Gasteiger partial charge in [0.05, 0.1) is 0 Å². The van der Waals surface area contributed by atoms with E-state index in [4.69, 9.17) is 0 Å². The van der Waals surface area contributed by atoms with Crippen molar-refractivity contribution in [2.45, 2.75) is 19.3 Å². The Balaban J connectivity index is 1.48. The lowest BCUT2D eigenvalue weighted by atomic mass is 9.94. The summed E-state index contributed by atoms with van der Waals surface area (Å²) in [6, 6.07) is 9.36. The molecule has 1 aromatic carbocycles. The number of nitrogens with zero attached hydrogens (tertiary/aromatic N) is 2. The Hall–Kier alpha value is -1.88. The molecule has 2 heterocycles. The molecule has 0 bridgehead atoms. The lowest BCUT2D eigenvalue weighted by Gasteiger charge is -2.35. The predicted octanol–water partition coefficient (Wildman–Crippen LogP) is 1.36. The van der Waals surface area contributed by atoms with Gasteiger partial charge < -0.3 is 15.1 Å². The second-order valence-corrected chi connectivity index (χ2v) is 6.44. The van der Waals surface area contributed by atoms with Crippen molar-refractivity contribution in [2.24, 2.45) is 5.92 Å². The fraction of sp³-hybridized carbons (Fsp3) is 0.556. The van der Waals surface area contributed by atoms with Gasteiger partial charge in [0.2, 0.25) is 5.91 Å². The maximum absolute atomic E-state index is 12.4. The van der Waals surface area contributed by atoms with Gasteiger partial charge >= 0.3 is 0 Å². The van der Waals surface area contributed by atoms with Crippen LogP contribution in [0.4, 0.5) is 0 Å². The van der Waals surface area contributed by atoms with Crippen LogP contribution in [0, 0.1) is 5.92 Å². The predicted molar refractivity (Wildman–Crippen MR) is 89.1 cm³/mol. The van der Waals surface area contributed by atoms with Crippen LogP contribution in [-0.2, 0) is 4.79 Å². The number of nitrogens with one attached hydrogen (secondary N) is 1. The molecule has 5 nitrogen and oxygen atoms in total. The molecule has 2 aliphatic rings. The average Bonchev–Trinajstić information content (AvgIpc) is 2.63. The molecule has 0 unspecified atom stereocenters. The molecule has 3 rings (SSSR count). The van der Waals surface area contributed by atoms with Crippen LogP contribution in [0.5, 0.6) is 0 Å². The summed E-state index contributed by atoms with van der Waals surface area (Å²) in [4.78, 5) is 28.6. The highest BCUT2D eigenvalue weighted by molar-refractivity contribution is 5.94. The molecule has 0 atom stereocenters. The minimum atomic E-state index is 0.0658. The molecular weight excluding hydrogens is 290 g/mol. The van der Waals surface area contributed by atoms with E-state index in [2.05, 4.69) is 5.32 Å². The molecule has 2 amide bonds. The van der Waals surface area contributed by atoms with Crippen LogP contribution >= 0.6 is 0 Å². The first-order valence-corrected chi connectivity index (χ1v) is 8.57. The number of piperidine rings is 1. The summed E-state index contributed by atoms with van der Waals surface area (Å²) >= 11 is 0. The summed E-state index contributed by atoms with van der Waals surface area (Å²) in [6.07, 6.45) is 2.85. The van der Waals surface area contributed by atoms with Crippen LogP contribution in [0.25, 0.3) is 0 Å². The van der Waals surface area contributed by atoms with Crippen LogP contribution in [0.15, 0.2) is 30.3 Å². The van der Waals surface area contributed by atoms with Gasteiger partial charge in [-0.3, -0.25) is 9.59 Å². The van der Waals surface area contributed by atoms with Crippen molar-refractivity contribution in [2.75, 3.05) is 39.3 Å². The zero-order valence-corrected chi connectivity index (χ0v) is 13.5. The Labute approximate surface area is 137 Å². The standard InChI is InChI=1S/C18H25N3O2/c22-17(14-15-6-8-19-9-7-15)20-10-12-21(13-11-20)18(23)16-4-2-1-3-5-16/h1-5,15,19H,6-14H2. The molecule has 1 aromatic rings. The van der Waals surface area contributed by atoms with E-state index in [1.165, 1.54) is 0 Å². The fourth-order valence-electron chi connectivity index (χ4n) is 3.38. The number of carbonyl (C=O) groups is 2. The lowest BCUT2D eigenvalue weighted by molar-refractivity contribution is -0.133. The molecule has 2 saturated heterocycles. The first kappa shape index (κ1) is 16.0. The van der Waals surface area contributed by atoms with E-state index >= 15 is 0 Å². The van der Waals surface area contributed by atoms with Gasteiger partial charge in [-0.2, -0.15) is 0 Å². The highest BCUT2D eigenvalue weighted by Crippen LogP contribution is 2.18. The SMILES string of the molecule is O=C(CC1CCNCC1)N1CCN(C(=O)c2ccccc2)CC1. The van der Waals surface area contributed by atoms with Gasteiger partial charge in [-0.15, -0.1) is 0 Å². The molecule has 0 aromatic heterocycles. The van der Waals surface area contributed by atoms with E-state index in [-0.39, 0.29) is 11.8 Å². The Bertz CT molecular complexity index is 532. The molecule has 124 valence electrons. The van der Waals surface area contributed by atoms with Crippen molar-refractivity contribution in [3.05, 3.63) is 35.9 Å². The Morgan fingerprint density at radius 2 is 1.57 bits per heavy atom. The van der Waals surface area contributed by atoms with Crippen molar-refractivity contribution in [3.8, 4) is 0 Å². The molecule has 2 aliphatic heterocycles. The van der Waals surface area contributed by atoms with Crippen LogP contribution < -0.4 is 5.32 Å². The van der Waals surface area contributed by atoms with E-state index in [1.54, 1.807) is 0 Å². The number of piperazine rings is 1. The average molecular weight is 315 g/mol. The normalized spacial score (nSPS) is 19.7. The molecule has 5 heteroatoms. The zero-order chi connectivity index (χ0) is 16.1. The highest BCUT2D eigenvalue weighted by atomic mass is 16.2. The van der Waals surface area contributed by atoms with Crippen LogP contribution in [0.3, 0.4) is 0 Å². The molecule has 1 N–H and O–H groups in total. The van der Waals surface area contributed by atoms with E-state index < -0.39 is 0 Å². The second kappa shape index (κ2) is 7.59. The van der Waals surface area contributed by atoms with Gasteiger partial charge in [0.25, 0.3) is 5.91 Å². The maximum Gasteiger partial charge on any atom is 0.253 e. The van der Waals surface area contributed by atoms with Crippen LogP contribution in [0.2, 0.25) is 0 Å². The highest BCUT2D eigenvalue weighted by Gasteiger charge is 2.26. The van der Waals surface area contributed by atoms with Gasteiger partial charge in [0.15, 0.2) is 0 Å². The summed E-state index contributed by atoms with van der Waals surface area (Å²) in [5.41, 5.74) is 0.724. The molecule has 0 aliphatic carbocycles. The largest absolute Gasteiger partial charge is 0.339 e. The third-order valence-electron chi connectivity index (χ3n) is 4.86. The van der Waals surface area contributed by atoms with Crippen molar-refractivity contribution >= 4 is 11.8 Å². The summed E-state index contributed by atoms with van der Waals surface area (Å²) in [7, 11) is 0. The van der Waals surface area contributed by atoms with Gasteiger partial charge in [0, 0.05) is 38.2 Å². The molecular formula is C18H25N3O2. The first-order valence-electron chi connectivity index (χ1n) is 8.57. The number of benzene rings is 1. The Morgan fingerprint density at radius 1 is 0.957 bits per heavy atom. The topological polar surface area (TPSA) is 52.7 Å². The van der Waals surface area contributed by atoms with Gasteiger partial charge in [-0.25, -0.2) is 0 Å². The molecule has 23 heavy (non-hydrogen) atoms. The Morgan fingerprint density at radius 3 is 2.22 bits per heavy atom. The van der Waals surface area contributed by atoms with Gasteiger partial charge in [0.1, 0.15) is 0 Å². The summed E-state index contributed by atoms with van der Waals surface area (Å²) in [6.45, 7) is 4.62. The van der Waals surface area contributed by atoms with E-state index in [1.807, 2.05) is 40.1 Å². The summed E-state index contributed by atoms with van der Waals surface area (Å²) in [5, 5.41) is 3.33. The van der Waals surface area contributed by atoms with Crippen molar-refractivity contribution in [1.29, 1.82) is 0 Å². The van der Waals surface area contributed by atoms with Crippen molar-refractivity contribution in [3.63, 3.8) is 0 Å². The van der Waals surface area contributed by atoms with Crippen molar-refractivity contribution < 1.29 is 9.59 Å². The van der Waals surface area contributed by atoms with Crippen molar-refractivity contribution in [1.82, 2.24) is 15.1 Å².